The molecule has 0 aromatic rings. The monoisotopic (exact) mass is 191 g/mol. The molecule has 0 atom stereocenters. The molecule has 0 heterocycles. The van der Waals surface area contributed by atoms with Gasteiger partial charge in [0, 0.05) is 0 Å². The molecule has 0 fully saturated rings. The zero-order valence-corrected chi connectivity index (χ0v) is 10.8. The van der Waals surface area contributed by atoms with E-state index in [1.54, 1.807) is 0 Å². The van der Waals surface area contributed by atoms with E-state index in [4.69, 9.17) is 15.0 Å². The van der Waals surface area contributed by atoms with Crippen molar-refractivity contribution in [3.63, 3.8) is 0 Å². The summed E-state index contributed by atoms with van der Waals surface area (Å²) in [5.41, 5.74) is 0. The molecule has 0 aliphatic heterocycles. The van der Waals surface area contributed by atoms with E-state index in [1.165, 1.54) is 0 Å². The van der Waals surface area contributed by atoms with Crippen LogP contribution < -0.4 is 56.5 Å². The average Bonchev–Trinajstić information content (AvgIpc) is 1.19. The zero-order valence-electron chi connectivity index (χ0n) is 7.66. The fourth-order valence-corrected chi connectivity index (χ4v) is 0. The number of carbonyl (C=O) groups is 1. The van der Waals surface area contributed by atoms with E-state index in [9.17, 15) is 0 Å². The summed E-state index contributed by atoms with van der Waals surface area (Å²) in [5, 5.41) is 15.3. The Morgan fingerprint density at radius 1 is 1.27 bits per heavy atom. The van der Waals surface area contributed by atoms with E-state index in [-0.39, 0.29) is 56.9 Å². The van der Waals surface area contributed by atoms with Gasteiger partial charge in [-0.1, -0.05) is 0 Å². The third-order valence-electron chi connectivity index (χ3n) is 0. The Morgan fingerprint density at radius 3 is 1.27 bits per heavy atom. The summed E-state index contributed by atoms with van der Waals surface area (Å²) in [7, 11) is 8.50. The van der Waals surface area contributed by atoms with E-state index in [0.29, 0.717) is 0 Å². The summed E-state index contributed by atoms with van der Waals surface area (Å²) in [6.07, 6.45) is -2.08. The minimum absolute atomic E-state index is 0. The van der Waals surface area contributed by atoms with Gasteiger partial charge in [0.05, 0.1) is 28.2 Å². The fourth-order valence-electron chi connectivity index (χ4n) is 0. The van der Waals surface area contributed by atoms with Gasteiger partial charge >= 0.3 is 51.4 Å². The molecule has 0 rings (SSSR count). The van der Waals surface area contributed by atoms with Crippen molar-refractivity contribution in [1.29, 1.82) is 0 Å². The van der Waals surface area contributed by atoms with Crippen LogP contribution in [0, 0.1) is 0 Å². The van der Waals surface area contributed by atoms with Crippen LogP contribution in [0.5, 0.6) is 0 Å². The van der Waals surface area contributed by atoms with Crippen LogP contribution in [-0.2, 0) is 0 Å². The van der Waals surface area contributed by atoms with Crippen molar-refractivity contribution in [2.45, 2.75) is 0 Å². The molecule has 0 aromatic carbocycles. The standard InChI is InChI=1S/C4H12N.CH2O3.K.H2O/c1-5(2,3)4;2-1(3)4;;/h1-4H3;(H2,2,3,4);;1H2/q+1;;+1;/p-2. The van der Waals surface area contributed by atoms with Crippen molar-refractivity contribution >= 4 is 6.16 Å². The first-order valence-corrected chi connectivity index (χ1v) is 2.42. The molecule has 0 aliphatic carbocycles. The number of hydrogen-bond donors (Lipinski definition) is 1. The Hall–Kier alpha value is 0.826. The Balaban J connectivity index is -0.0000000383. The number of hydrogen-bond acceptors (Lipinski definition) is 3. The predicted molar refractivity (Wildman–Crippen MR) is 33.9 cm³/mol. The predicted octanol–water partition coefficient (Wildman–Crippen LogP) is -3.96. The van der Waals surface area contributed by atoms with Gasteiger partial charge in [-0.3, -0.25) is 0 Å². The third-order valence-corrected chi connectivity index (χ3v) is 0. The topological polar surface area (TPSA) is 90.4 Å². The van der Waals surface area contributed by atoms with Gasteiger partial charge in [-0.2, -0.15) is 0 Å². The van der Waals surface area contributed by atoms with Crippen LogP contribution in [0.15, 0.2) is 0 Å². The maximum absolute atomic E-state index is 8.44. The molecular formula is C5H14KNO4. The third kappa shape index (κ3) is 1240. The second-order valence-corrected chi connectivity index (χ2v) is 2.95. The summed E-state index contributed by atoms with van der Waals surface area (Å²) in [5.74, 6) is 0. The van der Waals surface area contributed by atoms with Gasteiger partial charge in [-0.05, 0) is 0 Å². The molecule has 0 radical (unpaired) electrons. The van der Waals surface area contributed by atoms with Crippen LogP contribution in [0.2, 0.25) is 0 Å². The van der Waals surface area contributed by atoms with Crippen molar-refractivity contribution in [3.8, 4) is 0 Å². The van der Waals surface area contributed by atoms with Crippen molar-refractivity contribution in [2.24, 2.45) is 0 Å². The minimum Gasteiger partial charge on any atom is -0.870 e. The van der Waals surface area contributed by atoms with Crippen LogP contribution in [0.25, 0.3) is 0 Å². The van der Waals surface area contributed by atoms with Crippen LogP contribution >= 0.6 is 0 Å². The number of nitrogens with zero attached hydrogens (tertiary/aromatic N) is 1. The maximum Gasteiger partial charge on any atom is 1.00 e. The average molecular weight is 191 g/mol. The molecule has 6 heteroatoms. The van der Waals surface area contributed by atoms with Crippen molar-refractivity contribution < 1.29 is 76.4 Å². The van der Waals surface area contributed by atoms with Crippen molar-refractivity contribution in [1.82, 2.24) is 0 Å². The van der Waals surface area contributed by atoms with Gasteiger partial charge in [0.2, 0.25) is 6.16 Å². The molecule has 0 saturated carbocycles. The van der Waals surface area contributed by atoms with Crippen LogP contribution in [0.4, 0.5) is 4.79 Å². The zero-order chi connectivity index (χ0) is 8.08. The van der Waals surface area contributed by atoms with E-state index in [0.717, 1.165) is 4.48 Å². The summed E-state index contributed by atoms with van der Waals surface area (Å²) in [6.45, 7) is 0. The first-order chi connectivity index (χ1) is 3.73. The molecule has 0 amide bonds. The second kappa shape index (κ2) is 10.8. The molecule has 0 saturated heterocycles. The van der Waals surface area contributed by atoms with Crippen molar-refractivity contribution in [3.05, 3.63) is 0 Å². The van der Waals surface area contributed by atoms with Gasteiger partial charge in [0.15, 0.2) is 0 Å². The minimum atomic E-state index is -2.08. The smallest absolute Gasteiger partial charge is 0.870 e. The summed E-state index contributed by atoms with van der Waals surface area (Å²) in [4.78, 5) is 8.44. The van der Waals surface area contributed by atoms with Gasteiger partial charge in [-0.15, -0.1) is 0 Å². The van der Waals surface area contributed by atoms with Gasteiger partial charge < -0.3 is 25.0 Å². The van der Waals surface area contributed by atoms with E-state index in [2.05, 4.69) is 28.2 Å². The Bertz CT molecular complexity index is 81.0. The van der Waals surface area contributed by atoms with Gasteiger partial charge in [-0.25, -0.2) is 0 Å². The fraction of sp³-hybridized carbons (Fsp3) is 0.800. The molecule has 5 nitrogen and oxygen atoms in total. The summed E-state index contributed by atoms with van der Waals surface area (Å²) < 4.78 is 1.00. The summed E-state index contributed by atoms with van der Waals surface area (Å²) in [6, 6.07) is 0. The molecule has 11 heavy (non-hydrogen) atoms. The molecular weight excluding hydrogens is 177 g/mol. The molecule has 0 unspecified atom stereocenters. The number of quaternary nitrogens is 1. The van der Waals surface area contributed by atoms with Gasteiger partial charge in [0.1, 0.15) is 0 Å². The SMILES string of the molecule is C[N+](C)(C)C.O=C([O-])O.[K+].[OH-]. The Labute approximate surface area is 109 Å². The first kappa shape index (κ1) is 22.6. The van der Waals surface area contributed by atoms with E-state index in [1.807, 2.05) is 0 Å². The van der Waals surface area contributed by atoms with E-state index >= 15 is 0 Å². The normalized spacial score (nSPS) is 7.64. The van der Waals surface area contributed by atoms with Crippen molar-refractivity contribution in [2.75, 3.05) is 28.2 Å². The first-order valence-electron chi connectivity index (χ1n) is 2.42. The second-order valence-electron chi connectivity index (χ2n) is 2.95. The van der Waals surface area contributed by atoms with Gasteiger partial charge in [0.25, 0.3) is 0 Å². The molecule has 64 valence electrons. The number of rotatable bonds is 0. The largest absolute Gasteiger partial charge is 1.00 e. The van der Waals surface area contributed by atoms with E-state index < -0.39 is 6.16 Å². The van der Waals surface area contributed by atoms with Crippen LogP contribution in [0.1, 0.15) is 0 Å². The Kier molecular flexibility index (Phi) is 22.3. The quantitative estimate of drug-likeness (QED) is 0.312. The van der Waals surface area contributed by atoms with Crippen LogP contribution in [0.3, 0.4) is 0 Å². The summed E-state index contributed by atoms with van der Waals surface area (Å²) >= 11 is 0. The molecule has 0 aliphatic rings. The molecule has 0 bridgehead atoms. The Morgan fingerprint density at radius 2 is 1.27 bits per heavy atom. The van der Waals surface area contributed by atoms with Crippen LogP contribution in [-0.4, -0.2) is 49.4 Å². The molecule has 2 N–H and O–H groups in total. The molecule has 0 spiro atoms. The number of carboxylic acid groups (broad SMARTS) is 2. The molecule has 0 aromatic heterocycles. The maximum atomic E-state index is 8.44.